The second-order valence-corrected chi connectivity index (χ2v) is 6.90. The molecule has 0 radical (unpaired) electrons. The zero-order valence-corrected chi connectivity index (χ0v) is 18.3. The average molecular weight is 468 g/mol. The molecular formula is C21H20N6O7. The summed E-state index contributed by atoms with van der Waals surface area (Å²) in [5.41, 5.74) is 2.66. The van der Waals surface area contributed by atoms with E-state index in [2.05, 4.69) is 30.3 Å². The van der Waals surface area contributed by atoms with Crippen molar-refractivity contribution in [3.05, 3.63) is 58.0 Å². The average Bonchev–Trinajstić information content (AvgIpc) is 3.10. The predicted molar refractivity (Wildman–Crippen MR) is 122 cm³/mol. The number of amides is 1. The van der Waals surface area contributed by atoms with Crippen LogP contribution in [0, 0.1) is 0 Å². The van der Waals surface area contributed by atoms with Crippen LogP contribution in [0.5, 0.6) is 0 Å². The molecule has 0 saturated carbocycles. The number of aromatic amines is 1. The number of ketones is 1. The molecular weight excluding hydrogens is 448 g/mol. The largest absolute Gasteiger partial charge is 0.465 e. The number of anilines is 2. The van der Waals surface area contributed by atoms with Crippen LogP contribution in [0.3, 0.4) is 0 Å². The first-order valence-corrected chi connectivity index (χ1v) is 9.62. The van der Waals surface area contributed by atoms with Crippen molar-refractivity contribution >= 4 is 51.7 Å². The molecule has 0 aliphatic heterocycles. The molecule has 176 valence electrons. The monoisotopic (exact) mass is 468 g/mol. The smallest absolute Gasteiger partial charge is 0.344 e. The molecule has 1 aromatic heterocycles. The minimum absolute atomic E-state index is 0.0181. The summed E-state index contributed by atoms with van der Waals surface area (Å²) in [6.07, 6.45) is 0. The normalized spacial score (nSPS) is 11.1. The molecule has 1 amide bonds. The lowest BCUT2D eigenvalue weighted by Crippen LogP contribution is -2.29. The van der Waals surface area contributed by atoms with Gasteiger partial charge in [-0.25, -0.2) is 19.1 Å². The maximum absolute atomic E-state index is 12.7. The molecule has 0 atom stereocenters. The van der Waals surface area contributed by atoms with Crippen LogP contribution in [0.4, 0.5) is 11.4 Å². The van der Waals surface area contributed by atoms with E-state index in [0.717, 1.165) is 11.6 Å². The number of hydrazone groups is 1. The highest BCUT2D eigenvalue weighted by atomic mass is 16.5. The fraction of sp³-hybridized carbons (Fsp3) is 0.143. The molecule has 3 aromatic rings. The molecule has 13 nitrogen and oxygen atoms in total. The molecule has 0 bridgehead atoms. The third-order valence-electron chi connectivity index (χ3n) is 4.60. The number of nitrogen functional groups attached to an aromatic ring is 1. The van der Waals surface area contributed by atoms with Crippen LogP contribution in [0.25, 0.3) is 11.0 Å². The molecule has 0 unspecified atom stereocenters. The van der Waals surface area contributed by atoms with E-state index in [0.29, 0.717) is 11.0 Å². The van der Waals surface area contributed by atoms with Gasteiger partial charge in [-0.3, -0.25) is 15.0 Å². The van der Waals surface area contributed by atoms with Crippen LogP contribution in [0.1, 0.15) is 27.6 Å². The first-order valence-electron chi connectivity index (χ1n) is 9.62. The van der Waals surface area contributed by atoms with Crippen molar-refractivity contribution in [3.8, 4) is 0 Å². The summed E-state index contributed by atoms with van der Waals surface area (Å²) >= 11 is 0. The van der Waals surface area contributed by atoms with Crippen molar-refractivity contribution in [1.82, 2.24) is 9.66 Å². The van der Waals surface area contributed by atoms with E-state index in [-0.39, 0.29) is 22.5 Å². The van der Waals surface area contributed by atoms with Gasteiger partial charge >= 0.3 is 17.6 Å². The van der Waals surface area contributed by atoms with Gasteiger partial charge in [0.2, 0.25) is 0 Å². The Hall–Kier alpha value is -4.94. The molecule has 0 fully saturated rings. The van der Waals surface area contributed by atoms with E-state index in [1.165, 1.54) is 50.6 Å². The van der Waals surface area contributed by atoms with Gasteiger partial charge in [0.1, 0.15) is 0 Å². The topological polar surface area (TPSA) is 187 Å². The number of aromatic nitrogens is 2. The van der Waals surface area contributed by atoms with Crippen molar-refractivity contribution in [2.24, 2.45) is 5.10 Å². The lowest BCUT2D eigenvalue weighted by Gasteiger charge is -2.09. The highest BCUT2D eigenvalue weighted by Gasteiger charge is 2.19. The highest BCUT2D eigenvalue weighted by molar-refractivity contribution is 6.67. The van der Waals surface area contributed by atoms with Crippen LogP contribution in [-0.2, 0) is 19.1 Å². The van der Waals surface area contributed by atoms with Crippen molar-refractivity contribution in [2.75, 3.05) is 30.8 Å². The van der Waals surface area contributed by atoms with E-state index in [1.54, 1.807) is 0 Å². The Morgan fingerprint density at radius 2 is 1.59 bits per heavy atom. The summed E-state index contributed by atoms with van der Waals surface area (Å²) in [5.74, 6) is 2.69. The number of fused-ring (bicyclic) bond motifs is 1. The van der Waals surface area contributed by atoms with Crippen LogP contribution in [0.2, 0.25) is 0 Å². The Morgan fingerprint density at radius 3 is 2.15 bits per heavy atom. The first-order chi connectivity index (χ1) is 16.1. The second-order valence-electron chi connectivity index (χ2n) is 6.90. The number of ether oxygens (including phenoxy) is 2. The summed E-state index contributed by atoms with van der Waals surface area (Å²) < 4.78 is 10.2. The zero-order chi connectivity index (χ0) is 25.0. The van der Waals surface area contributed by atoms with Gasteiger partial charge in [0.05, 0.1) is 42.1 Å². The molecule has 13 heteroatoms. The number of nitrogens with zero attached hydrogens (tertiary/aromatic N) is 2. The first kappa shape index (κ1) is 23.7. The number of benzene rings is 2. The summed E-state index contributed by atoms with van der Waals surface area (Å²) in [7, 11) is 2.34. The summed E-state index contributed by atoms with van der Waals surface area (Å²) in [6.45, 7) is 1.14. The molecule has 1 heterocycles. The number of carbonyl (C=O) groups excluding carboxylic acids is 4. The lowest BCUT2D eigenvalue weighted by molar-refractivity contribution is -0.114. The van der Waals surface area contributed by atoms with Crippen molar-refractivity contribution < 1.29 is 28.7 Å². The number of nitrogens with two attached hydrogens (primary N) is 1. The Kier molecular flexibility index (Phi) is 6.76. The molecule has 0 aliphatic carbocycles. The van der Waals surface area contributed by atoms with Gasteiger partial charge in [0, 0.05) is 12.6 Å². The van der Waals surface area contributed by atoms with Crippen molar-refractivity contribution in [2.45, 2.75) is 6.92 Å². The Labute approximate surface area is 191 Å². The fourth-order valence-corrected chi connectivity index (χ4v) is 2.96. The van der Waals surface area contributed by atoms with Gasteiger partial charge in [-0.15, -0.1) is 0 Å². The highest BCUT2D eigenvalue weighted by Crippen LogP contribution is 2.18. The van der Waals surface area contributed by atoms with Crippen LogP contribution >= 0.6 is 0 Å². The maximum atomic E-state index is 12.7. The Bertz CT molecular complexity index is 1370. The molecule has 5 N–H and O–H groups in total. The zero-order valence-electron chi connectivity index (χ0n) is 18.3. The lowest BCUT2D eigenvalue weighted by atomic mass is 10.1. The number of H-pyrrole nitrogens is 1. The van der Waals surface area contributed by atoms with E-state index in [1.807, 2.05) is 0 Å². The number of hydrogen-bond donors (Lipinski definition) is 4. The van der Waals surface area contributed by atoms with Gasteiger partial charge in [0.25, 0.3) is 5.91 Å². The SMILES string of the molecule is COC(=O)c1cc(N/N=C(/C(C)=O)C(=O)Nc2ccc3[nH]c(=O)n(N)c3c2)cc(C(=O)OC)c1. The van der Waals surface area contributed by atoms with Crippen LogP contribution < -0.4 is 22.3 Å². The second kappa shape index (κ2) is 9.68. The van der Waals surface area contributed by atoms with E-state index >= 15 is 0 Å². The third kappa shape index (κ3) is 4.93. The minimum atomic E-state index is -0.849. The number of esters is 2. The van der Waals surface area contributed by atoms with Gasteiger partial charge in [-0.1, -0.05) is 0 Å². The van der Waals surface area contributed by atoms with Crippen LogP contribution in [0.15, 0.2) is 46.3 Å². The Balaban J connectivity index is 1.89. The molecule has 34 heavy (non-hydrogen) atoms. The molecule has 3 rings (SSSR count). The van der Waals surface area contributed by atoms with Crippen LogP contribution in [-0.4, -0.2) is 53.2 Å². The van der Waals surface area contributed by atoms with Gasteiger partial charge in [0.15, 0.2) is 11.5 Å². The van der Waals surface area contributed by atoms with Gasteiger partial charge < -0.3 is 25.6 Å². The Morgan fingerprint density at radius 1 is 0.971 bits per heavy atom. The van der Waals surface area contributed by atoms with E-state index in [9.17, 15) is 24.0 Å². The van der Waals surface area contributed by atoms with Gasteiger partial charge in [-0.2, -0.15) is 5.10 Å². The molecule has 0 spiro atoms. The summed E-state index contributed by atoms with van der Waals surface area (Å²) in [5, 5.41) is 6.34. The molecule has 2 aromatic carbocycles. The minimum Gasteiger partial charge on any atom is -0.465 e. The fourth-order valence-electron chi connectivity index (χ4n) is 2.96. The number of nitrogens with one attached hydrogen (secondary N) is 3. The van der Waals surface area contributed by atoms with E-state index in [4.69, 9.17) is 5.84 Å². The third-order valence-corrected chi connectivity index (χ3v) is 4.60. The molecule has 0 saturated heterocycles. The van der Waals surface area contributed by atoms with E-state index < -0.39 is 35.0 Å². The number of Topliss-reactive ketones (excluding diaryl/α,β-unsaturated/α-hetero) is 1. The summed E-state index contributed by atoms with van der Waals surface area (Å²) in [6, 6.07) is 8.38. The standard InChI is InChI=1S/C21H20N6O7/c1-10(28)17(18(29)23-13-4-5-15-16(9-13)27(22)21(32)24-15)26-25-14-7-11(19(30)33-2)6-12(8-14)20(31)34-3/h4-9,25H,22H2,1-3H3,(H,23,29)(H,24,32)/b26-17-. The number of carbonyl (C=O) groups is 4. The van der Waals surface area contributed by atoms with Gasteiger partial charge in [-0.05, 0) is 36.4 Å². The number of methoxy groups -OCH3 is 2. The number of rotatable bonds is 7. The number of imidazole rings is 1. The summed E-state index contributed by atoms with van der Waals surface area (Å²) in [4.78, 5) is 62.7. The maximum Gasteiger partial charge on any atom is 0.344 e. The van der Waals surface area contributed by atoms with Crippen molar-refractivity contribution in [1.29, 1.82) is 0 Å². The quantitative estimate of drug-likeness (QED) is 0.127. The number of hydrogen-bond acceptors (Lipinski definition) is 10. The predicted octanol–water partition coefficient (Wildman–Crippen LogP) is 0.612. The van der Waals surface area contributed by atoms with Crippen molar-refractivity contribution in [3.63, 3.8) is 0 Å². The molecule has 0 aliphatic rings.